The Kier molecular flexibility index (Phi) is 7.19. The average molecular weight is 707 g/mol. The van der Waals surface area contributed by atoms with Gasteiger partial charge in [0.1, 0.15) is 17.2 Å². The summed E-state index contributed by atoms with van der Waals surface area (Å²) in [6, 6.07) is 11.8. The number of halogens is 7. The molecule has 4 amide bonds. The minimum absolute atomic E-state index is 0.0443. The Hall–Kier alpha value is -4.49. The molecule has 0 aromatic heterocycles. The predicted octanol–water partition coefficient (Wildman–Crippen LogP) is 5.86. The molecule has 1 saturated carbocycles. The van der Waals surface area contributed by atoms with Crippen molar-refractivity contribution < 1.29 is 51.0 Å². The number of para-hydroxylation sites is 1. The highest BCUT2D eigenvalue weighted by atomic mass is 35.5. The number of aromatic hydroxyl groups is 1. The highest BCUT2D eigenvalue weighted by Crippen LogP contribution is 2.67. The number of phenolic OH excluding ortho intramolecular Hbond substituents is 1. The second-order valence-electron chi connectivity index (χ2n) is 12.0. The van der Waals surface area contributed by atoms with Crippen molar-refractivity contribution in [3.8, 4) is 11.5 Å². The number of phenols is 1. The number of benzene rings is 3. The molecule has 7 rings (SSSR count). The number of ether oxygens (including phenoxy) is 1. The number of rotatable bonds is 4. The van der Waals surface area contributed by atoms with Gasteiger partial charge in [-0.05, 0) is 49.1 Å². The predicted molar refractivity (Wildman–Crippen MR) is 160 cm³/mol. The SMILES string of the molecule is COc1ccc(O)c(C2C3=CCC4C(=O)N(c5ccccc5)C(=O)C4C3CC3(Cl)C(=O)N(c4c(F)c(F)c(F)c(F)c4F)C(=O)C23Cl)c1. The zero-order valence-corrected chi connectivity index (χ0v) is 26.0. The summed E-state index contributed by atoms with van der Waals surface area (Å²) in [7, 11) is 1.29. The Bertz CT molecular complexity index is 1980. The molecular formula is C33H21Cl2F5N2O6. The first-order chi connectivity index (χ1) is 22.7. The molecule has 3 aromatic rings. The van der Waals surface area contributed by atoms with Crippen LogP contribution < -0.4 is 14.5 Å². The van der Waals surface area contributed by atoms with Crippen LogP contribution in [0.1, 0.15) is 24.3 Å². The first-order valence-corrected chi connectivity index (χ1v) is 15.2. The molecule has 48 heavy (non-hydrogen) atoms. The van der Waals surface area contributed by atoms with E-state index in [0.717, 1.165) is 4.90 Å². The summed E-state index contributed by atoms with van der Waals surface area (Å²) in [5, 5.41) is 11.1. The number of carbonyl (C=O) groups excluding carboxylic acids is 4. The van der Waals surface area contributed by atoms with Crippen LogP contribution in [0.2, 0.25) is 0 Å². The van der Waals surface area contributed by atoms with E-state index in [1.165, 1.54) is 31.4 Å². The number of nitrogens with zero attached hydrogens (tertiary/aromatic N) is 2. The summed E-state index contributed by atoms with van der Waals surface area (Å²) in [6.45, 7) is 0. The first-order valence-electron chi connectivity index (χ1n) is 14.5. The molecule has 0 bridgehead atoms. The van der Waals surface area contributed by atoms with Crippen LogP contribution in [0.4, 0.5) is 33.3 Å². The lowest BCUT2D eigenvalue weighted by atomic mass is 9.56. The van der Waals surface area contributed by atoms with E-state index < -0.39 is 104 Å². The van der Waals surface area contributed by atoms with Gasteiger partial charge in [-0.25, -0.2) is 26.9 Å². The number of amides is 4. The van der Waals surface area contributed by atoms with E-state index in [0.29, 0.717) is 0 Å². The molecule has 3 fully saturated rings. The van der Waals surface area contributed by atoms with Crippen molar-refractivity contribution in [1.82, 2.24) is 0 Å². The molecule has 1 N–H and O–H groups in total. The van der Waals surface area contributed by atoms with Gasteiger partial charge in [0, 0.05) is 11.5 Å². The highest BCUT2D eigenvalue weighted by Gasteiger charge is 2.77. The fourth-order valence-corrected chi connectivity index (χ4v) is 8.56. The van der Waals surface area contributed by atoms with Gasteiger partial charge in [-0.2, -0.15) is 0 Å². The van der Waals surface area contributed by atoms with Crippen LogP contribution in [-0.2, 0) is 19.2 Å². The van der Waals surface area contributed by atoms with E-state index in [1.807, 2.05) is 0 Å². The largest absolute Gasteiger partial charge is 0.508 e. The standard InChI is InChI=1S/C33H21Cl2F5N2O6/c1-48-14-7-10-19(43)17(11-14)21-15-8-9-16-20(29(45)41(28(16)44)13-5-3-2-4-6-13)18(15)12-32(34)30(46)42(31(47)33(21,32)35)27-25(39)23(37)22(36)24(38)26(27)40/h2-8,10-11,16,18,20-21,43H,9,12H2,1H3. The van der Waals surface area contributed by atoms with E-state index >= 15 is 8.78 Å². The van der Waals surface area contributed by atoms with E-state index in [-0.39, 0.29) is 33.9 Å². The van der Waals surface area contributed by atoms with Crippen molar-refractivity contribution in [1.29, 1.82) is 0 Å². The van der Waals surface area contributed by atoms with Crippen LogP contribution in [0.3, 0.4) is 0 Å². The summed E-state index contributed by atoms with van der Waals surface area (Å²) < 4.78 is 78.4. The topological polar surface area (TPSA) is 104 Å². The van der Waals surface area contributed by atoms with Gasteiger partial charge in [-0.3, -0.25) is 24.1 Å². The van der Waals surface area contributed by atoms with Gasteiger partial charge < -0.3 is 9.84 Å². The molecule has 3 aromatic carbocycles. The molecule has 4 aliphatic rings. The number of methoxy groups -OCH3 is 1. The van der Waals surface area contributed by atoms with Crippen molar-refractivity contribution in [2.45, 2.75) is 28.5 Å². The normalized spacial score (nSPS) is 29.5. The van der Waals surface area contributed by atoms with Gasteiger partial charge in [0.05, 0.1) is 24.6 Å². The van der Waals surface area contributed by atoms with Crippen LogP contribution in [0.15, 0.2) is 60.2 Å². The van der Waals surface area contributed by atoms with Gasteiger partial charge >= 0.3 is 0 Å². The molecular weight excluding hydrogens is 686 g/mol. The lowest BCUT2D eigenvalue weighted by molar-refractivity contribution is -0.125. The third-order valence-electron chi connectivity index (χ3n) is 9.78. The second kappa shape index (κ2) is 10.8. The zero-order chi connectivity index (χ0) is 34.6. The molecule has 8 nitrogen and oxygen atoms in total. The molecule has 2 heterocycles. The van der Waals surface area contributed by atoms with E-state index in [9.17, 15) is 37.5 Å². The fraction of sp³-hybridized carbons (Fsp3) is 0.273. The van der Waals surface area contributed by atoms with E-state index in [4.69, 9.17) is 27.9 Å². The third-order valence-corrected chi connectivity index (χ3v) is 11.2. The number of carbonyl (C=O) groups is 4. The molecule has 6 unspecified atom stereocenters. The Labute approximate surface area is 278 Å². The maximum atomic E-state index is 15.2. The van der Waals surface area contributed by atoms with Crippen LogP contribution in [0.25, 0.3) is 0 Å². The summed E-state index contributed by atoms with van der Waals surface area (Å²) in [5.41, 5.74) is -1.57. The Balaban J connectivity index is 1.46. The second-order valence-corrected chi connectivity index (χ2v) is 13.2. The van der Waals surface area contributed by atoms with Gasteiger partial charge in [0.2, 0.25) is 17.6 Å². The van der Waals surface area contributed by atoms with Crippen LogP contribution in [-0.4, -0.2) is 45.6 Å². The molecule has 2 saturated heterocycles. The van der Waals surface area contributed by atoms with E-state index in [2.05, 4.69) is 0 Å². The number of imide groups is 2. The minimum Gasteiger partial charge on any atom is -0.508 e. The molecule has 15 heteroatoms. The van der Waals surface area contributed by atoms with Gasteiger partial charge in [0.25, 0.3) is 11.8 Å². The van der Waals surface area contributed by atoms with Crippen LogP contribution in [0.5, 0.6) is 11.5 Å². The van der Waals surface area contributed by atoms with Crippen molar-refractivity contribution in [3.63, 3.8) is 0 Å². The summed E-state index contributed by atoms with van der Waals surface area (Å²) >= 11 is 14.2. The minimum atomic E-state index is -2.77. The Morgan fingerprint density at radius 1 is 0.812 bits per heavy atom. The monoisotopic (exact) mass is 706 g/mol. The maximum Gasteiger partial charge on any atom is 0.258 e. The summed E-state index contributed by atoms with van der Waals surface area (Å²) in [4.78, 5) is 51.5. The molecule has 0 spiro atoms. The summed E-state index contributed by atoms with van der Waals surface area (Å²) in [6.07, 6.45) is 0.830. The highest BCUT2D eigenvalue weighted by molar-refractivity contribution is 6.58. The van der Waals surface area contributed by atoms with E-state index in [1.54, 1.807) is 30.3 Å². The molecule has 2 aliphatic carbocycles. The lowest BCUT2D eigenvalue weighted by Crippen LogP contribution is -2.60. The molecule has 248 valence electrons. The van der Waals surface area contributed by atoms with Crippen molar-refractivity contribution in [2.75, 3.05) is 16.9 Å². The quantitative estimate of drug-likeness (QED) is 0.0910. The number of fused-ring (bicyclic) bond motifs is 4. The molecule has 0 radical (unpaired) electrons. The van der Waals surface area contributed by atoms with Crippen molar-refractivity contribution in [2.24, 2.45) is 17.8 Å². The van der Waals surface area contributed by atoms with Crippen molar-refractivity contribution >= 4 is 58.2 Å². The lowest BCUT2D eigenvalue weighted by Gasteiger charge is -2.50. The van der Waals surface area contributed by atoms with Gasteiger partial charge in [-0.15, -0.1) is 23.2 Å². The third kappa shape index (κ3) is 3.94. The van der Waals surface area contributed by atoms with Crippen LogP contribution in [0, 0.1) is 46.8 Å². The number of anilines is 2. The first kappa shape index (κ1) is 32.1. The maximum absolute atomic E-state index is 15.2. The van der Waals surface area contributed by atoms with Crippen LogP contribution >= 0.6 is 23.2 Å². The summed E-state index contributed by atoms with van der Waals surface area (Å²) in [5.74, 6) is -22.1. The number of allylic oxidation sites excluding steroid dienone is 2. The average Bonchev–Trinajstić information content (AvgIpc) is 3.42. The molecule has 6 atom stereocenters. The van der Waals surface area contributed by atoms with Crippen molar-refractivity contribution in [3.05, 3.63) is 94.8 Å². The molecule has 2 aliphatic heterocycles. The number of hydrogen-bond acceptors (Lipinski definition) is 6. The van der Waals surface area contributed by atoms with Gasteiger partial charge in [0.15, 0.2) is 33.0 Å². The smallest absolute Gasteiger partial charge is 0.258 e. The van der Waals surface area contributed by atoms with Gasteiger partial charge in [-0.1, -0.05) is 29.8 Å². The Morgan fingerprint density at radius 2 is 1.44 bits per heavy atom. The Morgan fingerprint density at radius 3 is 2.06 bits per heavy atom. The number of alkyl halides is 2. The zero-order valence-electron chi connectivity index (χ0n) is 24.4. The fourth-order valence-electron chi connectivity index (χ4n) is 7.63. The number of hydrogen-bond donors (Lipinski definition) is 1.